The zero-order chi connectivity index (χ0) is 16.8. The molecular formula is C15H19BrN4O2S. The number of H-pyrrole nitrogens is 1. The highest BCUT2D eigenvalue weighted by atomic mass is 79.9. The second-order valence-electron chi connectivity index (χ2n) is 4.81. The topological polar surface area (TPSA) is 64.4 Å². The van der Waals surface area contributed by atoms with E-state index in [0.29, 0.717) is 16.3 Å². The molecule has 0 unspecified atom stereocenters. The Balaban J connectivity index is 2.34. The molecule has 0 saturated carbocycles. The smallest absolute Gasteiger partial charge is 0.216 e. The van der Waals surface area contributed by atoms with Crippen molar-refractivity contribution in [3.63, 3.8) is 0 Å². The van der Waals surface area contributed by atoms with Crippen LogP contribution in [-0.2, 0) is 6.42 Å². The van der Waals surface area contributed by atoms with Crippen molar-refractivity contribution in [3.8, 4) is 11.5 Å². The molecule has 0 aliphatic rings. The summed E-state index contributed by atoms with van der Waals surface area (Å²) in [6.07, 6.45) is 4.67. The van der Waals surface area contributed by atoms with E-state index in [1.54, 1.807) is 25.1 Å². The molecule has 6 nitrogen and oxygen atoms in total. The van der Waals surface area contributed by atoms with Gasteiger partial charge in [-0.15, -0.1) is 0 Å². The average molecular weight is 399 g/mol. The van der Waals surface area contributed by atoms with Crippen molar-refractivity contribution >= 4 is 34.4 Å². The number of hydrogen-bond donors (Lipinski definition) is 1. The van der Waals surface area contributed by atoms with Gasteiger partial charge < -0.3 is 9.47 Å². The molecule has 1 aromatic carbocycles. The van der Waals surface area contributed by atoms with Crippen molar-refractivity contribution in [1.82, 2.24) is 14.9 Å². The molecule has 2 aromatic rings. The third-order valence-electron chi connectivity index (χ3n) is 3.30. The van der Waals surface area contributed by atoms with Crippen molar-refractivity contribution < 1.29 is 9.47 Å². The Hall–Kier alpha value is -1.67. The number of aromatic nitrogens is 3. The van der Waals surface area contributed by atoms with Crippen molar-refractivity contribution in [1.29, 1.82) is 0 Å². The first-order valence-corrected chi connectivity index (χ1v) is 8.43. The van der Waals surface area contributed by atoms with Crippen LogP contribution in [0.5, 0.6) is 11.5 Å². The number of nitrogens with one attached hydrogen (secondary N) is 1. The third kappa shape index (κ3) is 4.00. The van der Waals surface area contributed by atoms with Crippen LogP contribution in [0.15, 0.2) is 21.7 Å². The molecule has 0 aliphatic heterocycles. The molecule has 0 spiro atoms. The maximum atomic E-state index is 5.37. The van der Waals surface area contributed by atoms with E-state index in [1.807, 2.05) is 12.1 Å². The van der Waals surface area contributed by atoms with Crippen molar-refractivity contribution in [2.45, 2.75) is 26.2 Å². The summed E-state index contributed by atoms with van der Waals surface area (Å²) in [5, 5.41) is 11.5. The van der Waals surface area contributed by atoms with Crippen LogP contribution in [-0.4, -0.2) is 35.3 Å². The Morgan fingerprint density at radius 2 is 2.17 bits per heavy atom. The molecule has 8 heteroatoms. The van der Waals surface area contributed by atoms with Gasteiger partial charge in [-0.2, -0.15) is 14.9 Å². The van der Waals surface area contributed by atoms with Gasteiger partial charge in [0.2, 0.25) is 4.77 Å². The number of aryl methyl sites for hydroxylation is 1. The fourth-order valence-electron chi connectivity index (χ4n) is 2.06. The van der Waals surface area contributed by atoms with Gasteiger partial charge in [-0.3, -0.25) is 5.10 Å². The molecule has 0 aliphatic carbocycles. The van der Waals surface area contributed by atoms with Crippen molar-refractivity contribution in [2.75, 3.05) is 14.2 Å². The van der Waals surface area contributed by atoms with E-state index >= 15 is 0 Å². The van der Waals surface area contributed by atoms with Crippen LogP contribution < -0.4 is 9.47 Å². The lowest BCUT2D eigenvalue weighted by atomic mass is 10.2. The molecule has 1 N–H and O–H groups in total. The molecule has 0 amide bonds. The number of hydrogen-bond acceptors (Lipinski definition) is 5. The summed E-state index contributed by atoms with van der Waals surface area (Å²) in [5.41, 5.74) is 0.854. The fourth-order valence-corrected chi connectivity index (χ4v) is 2.85. The van der Waals surface area contributed by atoms with E-state index in [9.17, 15) is 0 Å². The summed E-state index contributed by atoms with van der Waals surface area (Å²) in [6, 6.07) is 3.72. The summed E-state index contributed by atoms with van der Waals surface area (Å²) >= 11 is 8.76. The van der Waals surface area contributed by atoms with Crippen LogP contribution in [0.1, 0.15) is 31.2 Å². The number of rotatable bonds is 7. The molecule has 124 valence electrons. The minimum atomic E-state index is 0.476. The van der Waals surface area contributed by atoms with Crippen LogP contribution in [0.25, 0.3) is 0 Å². The second kappa shape index (κ2) is 8.26. The zero-order valence-electron chi connectivity index (χ0n) is 13.3. The maximum Gasteiger partial charge on any atom is 0.216 e. The van der Waals surface area contributed by atoms with Gasteiger partial charge in [-0.1, -0.05) is 13.3 Å². The lowest BCUT2D eigenvalue weighted by Gasteiger charge is -2.10. The minimum absolute atomic E-state index is 0.476. The van der Waals surface area contributed by atoms with Gasteiger partial charge in [-0.05, 0) is 46.7 Å². The van der Waals surface area contributed by atoms with Crippen LogP contribution >= 0.6 is 28.1 Å². The summed E-state index contributed by atoms with van der Waals surface area (Å²) in [5.74, 6) is 2.10. The van der Waals surface area contributed by atoms with Gasteiger partial charge in [0.25, 0.3) is 0 Å². The zero-order valence-corrected chi connectivity index (χ0v) is 15.7. The highest BCUT2D eigenvalue weighted by Crippen LogP contribution is 2.36. The first kappa shape index (κ1) is 17.7. The number of halogens is 1. The Labute approximate surface area is 148 Å². The molecule has 0 radical (unpaired) electrons. The quantitative estimate of drug-likeness (QED) is 0.566. The number of benzene rings is 1. The predicted octanol–water partition coefficient (Wildman–Crippen LogP) is 3.95. The van der Waals surface area contributed by atoms with Gasteiger partial charge in [0.1, 0.15) is 0 Å². The Morgan fingerprint density at radius 3 is 2.83 bits per heavy atom. The van der Waals surface area contributed by atoms with Crippen molar-refractivity contribution in [2.24, 2.45) is 5.10 Å². The van der Waals surface area contributed by atoms with Gasteiger partial charge in [0.05, 0.1) is 24.9 Å². The second-order valence-corrected chi connectivity index (χ2v) is 5.99. The number of aromatic amines is 1. The maximum absolute atomic E-state index is 5.37. The summed E-state index contributed by atoms with van der Waals surface area (Å²) < 4.78 is 13.5. The first-order valence-electron chi connectivity index (χ1n) is 7.23. The van der Waals surface area contributed by atoms with E-state index in [-0.39, 0.29) is 0 Å². The minimum Gasteiger partial charge on any atom is -0.493 e. The van der Waals surface area contributed by atoms with Crippen LogP contribution in [0.2, 0.25) is 0 Å². The highest BCUT2D eigenvalue weighted by molar-refractivity contribution is 9.10. The molecule has 1 aromatic heterocycles. The highest BCUT2D eigenvalue weighted by Gasteiger charge is 2.12. The monoisotopic (exact) mass is 398 g/mol. The first-order chi connectivity index (χ1) is 11.1. The largest absolute Gasteiger partial charge is 0.493 e. The summed E-state index contributed by atoms with van der Waals surface area (Å²) in [6.45, 7) is 2.13. The van der Waals surface area contributed by atoms with Crippen LogP contribution in [0.4, 0.5) is 0 Å². The third-order valence-corrected chi connectivity index (χ3v) is 4.38. The Morgan fingerprint density at radius 1 is 1.39 bits per heavy atom. The molecule has 2 rings (SSSR count). The van der Waals surface area contributed by atoms with E-state index in [4.69, 9.17) is 21.7 Å². The van der Waals surface area contributed by atoms with Crippen LogP contribution in [0.3, 0.4) is 0 Å². The SMILES string of the molecule is CCCCc1n[nH]c(=S)n1/N=C\c1ccc(OC)c(OC)c1Br. The number of nitrogens with zero attached hydrogens (tertiary/aromatic N) is 3. The van der Waals surface area contributed by atoms with Gasteiger partial charge in [0.15, 0.2) is 17.3 Å². The molecule has 0 fully saturated rings. The molecular weight excluding hydrogens is 380 g/mol. The molecule has 0 saturated heterocycles. The van der Waals surface area contributed by atoms with Gasteiger partial charge in [-0.25, -0.2) is 0 Å². The number of unbranched alkanes of at least 4 members (excludes halogenated alkanes) is 1. The molecule has 1 heterocycles. The lowest BCUT2D eigenvalue weighted by molar-refractivity contribution is 0.353. The van der Waals surface area contributed by atoms with E-state index in [2.05, 4.69) is 38.2 Å². The fraction of sp³-hybridized carbons (Fsp3) is 0.400. The van der Waals surface area contributed by atoms with E-state index in [0.717, 1.165) is 35.1 Å². The molecule has 23 heavy (non-hydrogen) atoms. The number of methoxy groups -OCH3 is 2. The van der Waals surface area contributed by atoms with E-state index < -0.39 is 0 Å². The normalized spacial score (nSPS) is 11.1. The average Bonchev–Trinajstić information content (AvgIpc) is 2.91. The Bertz CT molecular complexity index is 754. The number of ether oxygens (including phenoxy) is 2. The Kier molecular flexibility index (Phi) is 6.35. The van der Waals surface area contributed by atoms with E-state index in [1.165, 1.54) is 0 Å². The van der Waals surface area contributed by atoms with Gasteiger partial charge in [0, 0.05) is 12.0 Å². The van der Waals surface area contributed by atoms with Crippen LogP contribution in [0, 0.1) is 4.77 Å². The summed E-state index contributed by atoms with van der Waals surface area (Å²) in [4.78, 5) is 0. The molecule has 0 bridgehead atoms. The standard InChI is InChI=1S/C15H19BrN4O2S/c1-4-5-6-12-18-19-15(23)20(12)17-9-10-7-8-11(21-2)14(22-3)13(10)16/h7-9H,4-6H2,1-3H3,(H,19,23)/b17-9-. The lowest BCUT2D eigenvalue weighted by Crippen LogP contribution is -2.00. The predicted molar refractivity (Wildman–Crippen MR) is 96.3 cm³/mol. The van der Waals surface area contributed by atoms with Gasteiger partial charge >= 0.3 is 0 Å². The molecule has 0 atom stereocenters. The van der Waals surface area contributed by atoms with Crippen molar-refractivity contribution in [3.05, 3.63) is 32.8 Å². The summed E-state index contributed by atoms with van der Waals surface area (Å²) in [7, 11) is 3.20.